The minimum absolute atomic E-state index is 0.838. The fourth-order valence-corrected chi connectivity index (χ4v) is 4.01. The van der Waals surface area contributed by atoms with Crippen molar-refractivity contribution in [3.05, 3.63) is 71.8 Å². The Hall–Kier alpha value is -1.83. The van der Waals surface area contributed by atoms with Gasteiger partial charge in [-0.2, -0.15) is 0 Å². The van der Waals surface area contributed by atoms with Crippen molar-refractivity contribution >= 4 is 43.1 Å². The molecule has 0 fully saturated rings. The van der Waals surface area contributed by atoms with Gasteiger partial charge in [0, 0.05) is 15.5 Å². The monoisotopic (exact) mass is 294 g/mol. The molecule has 0 aliphatic heterocycles. The summed E-state index contributed by atoms with van der Waals surface area (Å²) in [6.45, 7) is 0. The van der Waals surface area contributed by atoms with Crippen LogP contribution < -0.4 is 0 Å². The molecule has 4 aromatic rings. The molecule has 3 aromatic carbocycles. The zero-order valence-electron chi connectivity index (χ0n) is 10.6. The van der Waals surface area contributed by atoms with Crippen LogP contribution in [0.4, 0.5) is 0 Å². The van der Waals surface area contributed by atoms with Gasteiger partial charge in [0.15, 0.2) is 0 Å². The van der Waals surface area contributed by atoms with Crippen LogP contribution >= 0.6 is 22.9 Å². The third kappa shape index (κ3) is 1.82. The van der Waals surface area contributed by atoms with Crippen LogP contribution in [0.5, 0.6) is 0 Å². The number of hydrogen-bond acceptors (Lipinski definition) is 1. The van der Waals surface area contributed by atoms with Crippen LogP contribution in [0, 0.1) is 0 Å². The SMILES string of the molecule is Clc1cccc2c1sc1cc(-c3ccccc3)ccc12. The van der Waals surface area contributed by atoms with Crippen molar-refractivity contribution in [3.8, 4) is 11.1 Å². The summed E-state index contributed by atoms with van der Waals surface area (Å²) in [4.78, 5) is 0. The Morgan fingerprint density at radius 2 is 1.55 bits per heavy atom. The van der Waals surface area contributed by atoms with E-state index in [1.807, 2.05) is 18.2 Å². The summed E-state index contributed by atoms with van der Waals surface area (Å²) in [5, 5.41) is 3.37. The van der Waals surface area contributed by atoms with Crippen LogP contribution in [-0.4, -0.2) is 0 Å². The van der Waals surface area contributed by atoms with Gasteiger partial charge in [0.25, 0.3) is 0 Å². The third-order valence-corrected chi connectivity index (χ3v) is 5.19. The number of hydrogen-bond donors (Lipinski definition) is 0. The van der Waals surface area contributed by atoms with E-state index in [1.165, 1.54) is 31.3 Å². The molecule has 1 aromatic heterocycles. The second kappa shape index (κ2) is 4.62. The highest BCUT2D eigenvalue weighted by Crippen LogP contribution is 2.39. The zero-order chi connectivity index (χ0) is 13.5. The minimum atomic E-state index is 0.838. The average molecular weight is 295 g/mol. The number of benzene rings is 3. The Morgan fingerprint density at radius 3 is 2.40 bits per heavy atom. The van der Waals surface area contributed by atoms with Crippen LogP contribution in [0.2, 0.25) is 5.02 Å². The van der Waals surface area contributed by atoms with Crippen LogP contribution in [0.3, 0.4) is 0 Å². The minimum Gasteiger partial charge on any atom is -0.134 e. The Labute approximate surface area is 126 Å². The van der Waals surface area contributed by atoms with E-state index in [-0.39, 0.29) is 0 Å². The lowest BCUT2D eigenvalue weighted by molar-refractivity contribution is 1.66. The van der Waals surface area contributed by atoms with Crippen molar-refractivity contribution < 1.29 is 0 Å². The van der Waals surface area contributed by atoms with E-state index in [1.54, 1.807) is 11.3 Å². The molecule has 0 bridgehead atoms. The molecule has 0 saturated carbocycles. The van der Waals surface area contributed by atoms with Crippen molar-refractivity contribution in [1.82, 2.24) is 0 Å². The summed E-state index contributed by atoms with van der Waals surface area (Å²) in [5.74, 6) is 0. The Morgan fingerprint density at radius 1 is 0.700 bits per heavy atom. The summed E-state index contributed by atoms with van der Waals surface area (Å²) in [6.07, 6.45) is 0. The molecular formula is C18H11ClS. The van der Waals surface area contributed by atoms with Gasteiger partial charge in [-0.25, -0.2) is 0 Å². The molecule has 0 radical (unpaired) electrons. The first-order chi connectivity index (χ1) is 9.83. The van der Waals surface area contributed by atoms with Gasteiger partial charge in [0.05, 0.1) is 9.72 Å². The molecule has 0 amide bonds. The van der Waals surface area contributed by atoms with Gasteiger partial charge in [-0.3, -0.25) is 0 Å². The summed E-state index contributed by atoms with van der Waals surface area (Å²) in [7, 11) is 0. The van der Waals surface area contributed by atoms with Gasteiger partial charge in [-0.15, -0.1) is 11.3 Å². The van der Waals surface area contributed by atoms with E-state index >= 15 is 0 Å². The average Bonchev–Trinajstić information content (AvgIpc) is 2.87. The lowest BCUT2D eigenvalue weighted by Gasteiger charge is -2.01. The zero-order valence-corrected chi connectivity index (χ0v) is 12.2. The fourth-order valence-electron chi connectivity index (χ4n) is 2.57. The van der Waals surface area contributed by atoms with Crippen molar-refractivity contribution in [1.29, 1.82) is 0 Å². The van der Waals surface area contributed by atoms with Crippen LogP contribution in [0.25, 0.3) is 31.3 Å². The fraction of sp³-hybridized carbons (Fsp3) is 0. The maximum absolute atomic E-state index is 6.30. The standard InChI is InChI=1S/C18H11ClS/c19-16-8-4-7-15-14-10-9-13(11-17(14)20-18(15)16)12-5-2-1-3-6-12/h1-11H. The highest BCUT2D eigenvalue weighted by Gasteiger charge is 2.08. The van der Waals surface area contributed by atoms with Crippen molar-refractivity contribution in [3.63, 3.8) is 0 Å². The van der Waals surface area contributed by atoms with Crippen molar-refractivity contribution in [2.24, 2.45) is 0 Å². The van der Waals surface area contributed by atoms with Crippen molar-refractivity contribution in [2.45, 2.75) is 0 Å². The molecule has 0 nitrogen and oxygen atoms in total. The van der Waals surface area contributed by atoms with E-state index in [4.69, 9.17) is 11.6 Å². The van der Waals surface area contributed by atoms with E-state index in [2.05, 4.69) is 48.5 Å². The van der Waals surface area contributed by atoms with Crippen LogP contribution in [-0.2, 0) is 0 Å². The Balaban J connectivity index is 2.01. The van der Waals surface area contributed by atoms with Gasteiger partial charge in [0.2, 0.25) is 0 Å². The van der Waals surface area contributed by atoms with Gasteiger partial charge in [0.1, 0.15) is 0 Å². The summed E-state index contributed by atoms with van der Waals surface area (Å²) in [5.41, 5.74) is 2.50. The quantitative estimate of drug-likeness (QED) is 0.382. The largest absolute Gasteiger partial charge is 0.134 e. The van der Waals surface area contributed by atoms with Crippen LogP contribution in [0.1, 0.15) is 0 Å². The number of thiophene rings is 1. The van der Waals surface area contributed by atoms with Crippen molar-refractivity contribution in [2.75, 3.05) is 0 Å². The van der Waals surface area contributed by atoms with Gasteiger partial charge in [-0.1, -0.05) is 66.2 Å². The molecular weight excluding hydrogens is 284 g/mol. The second-order valence-electron chi connectivity index (χ2n) is 4.80. The Kier molecular flexibility index (Phi) is 2.76. The first-order valence-electron chi connectivity index (χ1n) is 6.49. The molecule has 4 rings (SSSR count). The maximum Gasteiger partial charge on any atom is 0.0584 e. The highest BCUT2D eigenvalue weighted by atomic mass is 35.5. The van der Waals surface area contributed by atoms with E-state index in [0.29, 0.717) is 0 Å². The molecule has 0 aliphatic rings. The van der Waals surface area contributed by atoms with E-state index in [9.17, 15) is 0 Å². The second-order valence-corrected chi connectivity index (χ2v) is 6.25. The molecule has 0 saturated heterocycles. The highest BCUT2D eigenvalue weighted by molar-refractivity contribution is 7.26. The first kappa shape index (κ1) is 12.0. The molecule has 0 unspecified atom stereocenters. The maximum atomic E-state index is 6.30. The predicted octanol–water partition coefficient (Wildman–Crippen LogP) is 6.37. The normalized spacial score (nSPS) is 11.2. The molecule has 96 valence electrons. The number of fused-ring (bicyclic) bond motifs is 3. The lowest BCUT2D eigenvalue weighted by atomic mass is 10.0. The molecule has 2 heteroatoms. The molecule has 0 aliphatic carbocycles. The topological polar surface area (TPSA) is 0 Å². The molecule has 1 heterocycles. The van der Waals surface area contributed by atoms with Crippen LogP contribution in [0.15, 0.2) is 66.7 Å². The Bertz CT molecular complexity index is 907. The summed E-state index contributed by atoms with van der Waals surface area (Å²) in [6, 6.07) is 23.2. The lowest BCUT2D eigenvalue weighted by Crippen LogP contribution is -1.75. The van der Waals surface area contributed by atoms with E-state index < -0.39 is 0 Å². The van der Waals surface area contributed by atoms with Gasteiger partial charge in [-0.05, 0) is 23.3 Å². The summed E-state index contributed by atoms with van der Waals surface area (Å²) >= 11 is 8.06. The summed E-state index contributed by atoms with van der Waals surface area (Å²) < 4.78 is 2.46. The van der Waals surface area contributed by atoms with Gasteiger partial charge >= 0.3 is 0 Å². The number of halogens is 1. The smallest absolute Gasteiger partial charge is 0.0584 e. The number of rotatable bonds is 1. The predicted molar refractivity (Wildman–Crippen MR) is 89.8 cm³/mol. The molecule has 0 N–H and O–H groups in total. The van der Waals surface area contributed by atoms with Gasteiger partial charge < -0.3 is 0 Å². The molecule has 0 spiro atoms. The van der Waals surface area contributed by atoms with E-state index in [0.717, 1.165) is 5.02 Å². The first-order valence-corrected chi connectivity index (χ1v) is 7.68. The molecule has 20 heavy (non-hydrogen) atoms. The molecule has 0 atom stereocenters. The third-order valence-electron chi connectivity index (χ3n) is 3.56.